The third-order valence-electron chi connectivity index (χ3n) is 2.62. The highest BCUT2D eigenvalue weighted by atomic mass is 16.5. The zero-order chi connectivity index (χ0) is 15.8. The molecule has 7 nitrogen and oxygen atoms in total. The number of esters is 1. The van der Waals surface area contributed by atoms with Gasteiger partial charge in [-0.1, -0.05) is 17.7 Å². The number of ether oxygens (including phenoxy) is 1. The first-order chi connectivity index (χ1) is 9.88. The Labute approximate surface area is 122 Å². The van der Waals surface area contributed by atoms with Gasteiger partial charge in [0.2, 0.25) is 0 Å². The van der Waals surface area contributed by atoms with Crippen molar-refractivity contribution in [1.82, 2.24) is 5.32 Å². The van der Waals surface area contributed by atoms with Crippen molar-refractivity contribution >= 4 is 23.6 Å². The molecule has 1 rings (SSSR count). The number of amides is 3. The van der Waals surface area contributed by atoms with E-state index < -0.39 is 24.0 Å². The lowest BCUT2D eigenvalue weighted by Gasteiger charge is -2.13. The molecule has 0 unspecified atom stereocenters. The SMILES string of the molecule is Cc1ccc(NC(=O)[C@@H](C)OC(=O)CCNC(N)=O)cc1. The van der Waals surface area contributed by atoms with Gasteiger partial charge in [-0.25, -0.2) is 4.79 Å². The minimum absolute atomic E-state index is 0.0505. The van der Waals surface area contributed by atoms with Gasteiger partial charge in [-0.2, -0.15) is 0 Å². The first-order valence-electron chi connectivity index (χ1n) is 6.49. The van der Waals surface area contributed by atoms with Crippen LogP contribution in [0.15, 0.2) is 24.3 Å². The van der Waals surface area contributed by atoms with Gasteiger partial charge >= 0.3 is 12.0 Å². The fourth-order valence-electron chi connectivity index (χ4n) is 1.48. The van der Waals surface area contributed by atoms with E-state index in [-0.39, 0.29) is 13.0 Å². The van der Waals surface area contributed by atoms with Gasteiger partial charge in [0.1, 0.15) is 0 Å². The quantitative estimate of drug-likeness (QED) is 0.677. The topological polar surface area (TPSA) is 111 Å². The molecule has 0 aliphatic heterocycles. The lowest BCUT2D eigenvalue weighted by atomic mass is 10.2. The van der Waals surface area contributed by atoms with Crippen LogP contribution in [0.1, 0.15) is 18.9 Å². The molecule has 0 saturated carbocycles. The molecule has 4 N–H and O–H groups in total. The molecule has 0 aliphatic rings. The third kappa shape index (κ3) is 6.42. The van der Waals surface area contributed by atoms with Crippen molar-refractivity contribution in [2.75, 3.05) is 11.9 Å². The molecule has 7 heteroatoms. The predicted molar refractivity (Wildman–Crippen MR) is 77.6 cm³/mol. The summed E-state index contributed by atoms with van der Waals surface area (Å²) < 4.78 is 4.95. The maximum Gasteiger partial charge on any atom is 0.312 e. The molecule has 0 heterocycles. The molecule has 0 bridgehead atoms. The van der Waals surface area contributed by atoms with Crippen LogP contribution in [0.2, 0.25) is 0 Å². The Balaban J connectivity index is 2.38. The molecule has 0 radical (unpaired) electrons. The van der Waals surface area contributed by atoms with Crippen LogP contribution in [0.4, 0.5) is 10.5 Å². The van der Waals surface area contributed by atoms with Gasteiger partial charge in [-0.15, -0.1) is 0 Å². The van der Waals surface area contributed by atoms with Crippen LogP contribution in [0, 0.1) is 6.92 Å². The number of primary amides is 1. The second kappa shape index (κ2) is 7.88. The van der Waals surface area contributed by atoms with Gasteiger partial charge in [-0.3, -0.25) is 9.59 Å². The molecule has 0 fully saturated rings. The average Bonchev–Trinajstić information content (AvgIpc) is 2.40. The first-order valence-corrected chi connectivity index (χ1v) is 6.49. The summed E-state index contributed by atoms with van der Waals surface area (Å²) in [6.45, 7) is 3.49. The highest BCUT2D eigenvalue weighted by Crippen LogP contribution is 2.09. The Hall–Kier alpha value is -2.57. The Morgan fingerprint density at radius 2 is 1.86 bits per heavy atom. The van der Waals surface area contributed by atoms with Crippen molar-refractivity contribution in [2.45, 2.75) is 26.4 Å². The van der Waals surface area contributed by atoms with Gasteiger partial charge < -0.3 is 21.1 Å². The number of carbonyl (C=O) groups is 3. The lowest BCUT2D eigenvalue weighted by molar-refractivity contribution is -0.153. The van der Waals surface area contributed by atoms with E-state index in [0.717, 1.165) is 5.56 Å². The summed E-state index contributed by atoms with van der Waals surface area (Å²) in [5, 5.41) is 4.90. The van der Waals surface area contributed by atoms with E-state index in [4.69, 9.17) is 10.5 Å². The number of aryl methyl sites for hydroxylation is 1. The molecule has 1 aromatic rings. The molecular weight excluding hydrogens is 274 g/mol. The maximum absolute atomic E-state index is 11.8. The van der Waals surface area contributed by atoms with Crippen LogP contribution in [0.3, 0.4) is 0 Å². The van der Waals surface area contributed by atoms with Crippen LogP contribution >= 0.6 is 0 Å². The van der Waals surface area contributed by atoms with Crippen molar-refractivity contribution in [3.63, 3.8) is 0 Å². The van der Waals surface area contributed by atoms with E-state index in [1.165, 1.54) is 6.92 Å². The van der Waals surface area contributed by atoms with Crippen molar-refractivity contribution in [2.24, 2.45) is 5.73 Å². The normalized spacial score (nSPS) is 11.3. The van der Waals surface area contributed by atoms with E-state index in [2.05, 4.69) is 10.6 Å². The predicted octanol–water partition coefficient (Wildman–Crippen LogP) is 0.924. The summed E-state index contributed by atoms with van der Waals surface area (Å²) in [5.41, 5.74) is 6.57. The molecule has 1 aromatic carbocycles. The van der Waals surface area contributed by atoms with E-state index in [9.17, 15) is 14.4 Å². The molecule has 0 saturated heterocycles. The number of nitrogens with one attached hydrogen (secondary N) is 2. The summed E-state index contributed by atoms with van der Waals surface area (Å²) in [4.78, 5) is 33.7. The number of nitrogens with two attached hydrogens (primary N) is 1. The number of hydrogen-bond acceptors (Lipinski definition) is 4. The van der Waals surface area contributed by atoms with Crippen LogP contribution in [-0.4, -0.2) is 30.6 Å². The van der Waals surface area contributed by atoms with E-state index in [0.29, 0.717) is 5.69 Å². The summed E-state index contributed by atoms with van der Waals surface area (Å²) in [5.74, 6) is -1.01. The first kappa shape index (κ1) is 16.5. The highest BCUT2D eigenvalue weighted by Gasteiger charge is 2.17. The summed E-state index contributed by atoms with van der Waals surface area (Å²) in [6, 6.07) is 6.54. The van der Waals surface area contributed by atoms with Gasteiger partial charge in [0, 0.05) is 12.2 Å². The van der Waals surface area contributed by atoms with E-state index in [1.54, 1.807) is 12.1 Å². The Morgan fingerprint density at radius 1 is 1.24 bits per heavy atom. The van der Waals surface area contributed by atoms with Crippen molar-refractivity contribution in [3.05, 3.63) is 29.8 Å². The Morgan fingerprint density at radius 3 is 2.43 bits per heavy atom. The summed E-state index contributed by atoms with van der Waals surface area (Å²) >= 11 is 0. The van der Waals surface area contributed by atoms with Crippen LogP contribution in [0.5, 0.6) is 0 Å². The standard InChI is InChI=1S/C14H19N3O4/c1-9-3-5-11(6-4-9)17-13(19)10(2)21-12(18)7-8-16-14(15)20/h3-6,10H,7-8H2,1-2H3,(H,17,19)(H3,15,16,20)/t10-/m1/s1. The zero-order valence-electron chi connectivity index (χ0n) is 12.0. The van der Waals surface area contributed by atoms with Crippen molar-refractivity contribution < 1.29 is 19.1 Å². The number of benzene rings is 1. The molecular formula is C14H19N3O4. The second-order valence-electron chi connectivity index (χ2n) is 4.53. The van der Waals surface area contributed by atoms with Crippen LogP contribution in [-0.2, 0) is 14.3 Å². The fraction of sp³-hybridized carbons (Fsp3) is 0.357. The second-order valence-corrected chi connectivity index (χ2v) is 4.53. The number of rotatable bonds is 6. The van der Waals surface area contributed by atoms with Crippen LogP contribution in [0.25, 0.3) is 0 Å². The molecule has 114 valence electrons. The van der Waals surface area contributed by atoms with Gasteiger partial charge in [-0.05, 0) is 26.0 Å². The van der Waals surface area contributed by atoms with Crippen LogP contribution < -0.4 is 16.4 Å². The molecule has 0 aromatic heterocycles. The van der Waals surface area contributed by atoms with Crippen molar-refractivity contribution in [1.29, 1.82) is 0 Å². The van der Waals surface area contributed by atoms with Gasteiger partial charge in [0.25, 0.3) is 5.91 Å². The number of hydrogen-bond donors (Lipinski definition) is 3. The Kier molecular flexibility index (Phi) is 6.19. The monoisotopic (exact) mass is 293 g/mol. The number of carbonyl (C=O) groups excluding carboxylic acids is 3. The van der Waals surface area contributed by atoms with Crippen molar-refractivity contribution in [3.8, 4) is 0 Å². The molecule has 3 amide bonds. The fourth-order valence-corrected chi connectivity index (χ4v) is 1.48. The lowest BCUT2D eigenvalue weighted by Crippen LogP contribution is -2.33. The molecule has 0 spiro atoms. The zero-order valence-corrected chi connectivity index (χ0v) is 12.0. The number of urea groups is 1. The minimum Gasteiger partial charge on any atom is -0.452 e. The van der Waals surface area contributed by atoms with E-state index in [1.807, 2.05) is 19.1 Å². The average molecular weight is 293 g/mol. The smallest absolute Gasteiger partial charge is 0.312 e. The van der Waals surface area contributed by atoms with Gasteiger partial charge in [0.15, 0.2) is 6.10 Å². The summed E-state index contributed by atoms with van der Waals surface area (Å²) in [7, 11) is 0. The van der Waals surface area contributed by atoms with Gasteiger partial charge in [0.05, 0.1) is 6.42 Å². The third-order valence-corrected chi connectivity index (χ3v) is 2.62. The molecule has 21 heavy (non-hydrogen) atoms. The highest BCUT2D eigenvalue weighted by molar-refractivity contribution is 5.95. The molecule has 1 atom stereocenters. The maximum atomic E-state index is 11.8. The summed E-state index contributed by atoms with van der Waals surface area (Å²) in [6.07, 6.45) is -0.974. The van der Waals surface area contributed by atoms with E-state index >= 15 is 0 Å². The number of anilines is 1. The molecule has 0 aliphatic carbocycles. The minimum atomic E-state index is -0.924. The largest absolute Gasteiger partial charge is 0.452 e. The Bertz CT molecular complexity index is 513.